The molecular weight excluding hydrogens is 408 g/mol. The smallest absolute Gasteiger partial charge is 0.481 e. The summed E-state index contributed by atoms with van der Waals surface area (Å²) >= 11 is 0. The predicted octanol–water partition coefficient (Wildman–Crippen LogP) is 1.91. The number of carbonyl (C=O) groups excluding carboxylic acids is 1. The molecule has 8 heteroatoms. The lowest BCUT2D eigenvalue weighted by Gasteiger charge is -2.37. The van der Waals surface area contributed by atoms with Crippen LogP contribution < -0.4 is 0 Å². The zero-order valence-electron chi connectivity index (χ0n) is 19.2. The standard InChI is InChI=1S/C24H36N4O4/c1-28(18-21-7-10-26(11-8-21)17-20-5-3-2-4-6-20)19-22(32-24(28)31)27-15-13-25(14-16-27)12-9-23(29)30/h2-6,21-22H,7-19H2,1H3/p+1. The van der Waals surface area contributed by atoms with E-state index in [0.29, 0.717) is 23.5 Å². The molecule has 0 saturated carbocycles. The number of quaternary nitrogens is 1. The second-order valence-electron chi connectivity index (χ2n) is 9.83. The molecule has 0 aromatic heterocycles. The van der Waals surface area contributed by atoms with Crippen molar-refractivity contribution in [3.8, 4) is 0 Å². The van der Waals surface area contributed by atoms with Crippen LogP contribution in [0.1, 0.15) is 24.8 Å². The summed E-state index contributed by atoms with van der Waals surface area (Å²) in [6.45, 7) is 8.59. The third kappa shape index (κ3) is 5.86. The molecule has 0 radical (unpaired) electrons. The van der Waals surface area contributed by atoms with Crippen molar-refractivity contribution in [1.29, 1.82) is 0 Å². The van der Waals surface area contributed by atoms with E-state index >= 15 is 0 Å². The Bertz CT molecular complexity index is 775. The monoisotopic (exact) mass is 445 g/mol. The Morgan fingerprint density at radius 3 is 2.41 bits per heavy atom. The van der Waals surface area contributed by atoms with Gasteiger partial charge in [-0.2, -0.15) is 4.79 Å². The van der Waals surface area contributed by atoms with Gasteiger partial charge in [0, 0.05) is 45.2 Å². The van der Waals surface area contributed by atoms with E-state index in [1.54, 1.807) is 0 Å². The Balaban J connectivity index is 1.22. The molecule has 1 amide bonds. The molecule has 176 valence electrons. The van der Waals surface area contributed by atoms with Gasteiger partial charge in [0.1, 0.15) is 6.54 Å². The van der Waals surface area contributed by atoms with Gasteiger partial charge >= 0.3 is 12.1 Å². The quantitative estimate of drug-likeness (QED) is 0.613. The Morgan fingerprint density at radius 1 is 1.06 bits per heavy atom. The number of piperazine rings is 1. The van der Waals surface area contributed by atoms with Crippen molar-refractivity contribution < 1.29 is 23.9 Å². The first-order chi connectivity index (χ1) is 15.4. The van der Waals surface area contributed by atoms with Crippen molar-refractivity contribution in [3.63, 3.8) is 0 Å². The molecule has 3 aliphatic rings. The number of rotatable bonds is 8. The molecule has 2 atom stereocenters. The van der Waals surface area contributed by atoms with E-state index in [9.17, 15) is 9.59 Å². The first-order valence-electron chi connectivity index (χ1n) is 11.9. The van der Waals surface area contributed by atoms with Gasteiger partial charge < -0.3 is 14.7 Å². The number of benzene rings is 1. The third-order valence-corrected chi connectivity index (χ3v) is 7.31. The summed E-state index contributed by atoms with van der Waals surface area (Å²) in [6, 6.07) is 10.6. The van der Waals surface area contributed by atoms with Crippen LogP contribution in [0.15, 0.2) is 30.3 Å². The zero-order valence-corrected chi connectivity index (χ0v) is 19.2. The Hall–Kier alpha value is -2.00. The lowest BCUT2D eigenvalue weighted by Crippen LogP contribution is -2.54. The number of aliphatic carboxylic acids is 1. The van der Waals surface area contributed by atoms with Crippen LogP contribution in [0.4, 0.5) is 4.79 Å². The largest absolute Gasteiger partial charge is 0.517 e. The molecule has 3 fully saturated rings. The highest BCUT2D eigenvalue weighted by Gasteiger charge is 2.49. The minimum Gasteiger partial charge on any atom is -0.481 e. The van der Waals surface area contributed by atoms with Crippen LogP contribution in [-0.2, 0) is 16.1 Å². The highest BCUT2D eigenvalue weighted by atomic mass is 16.6. The molecule has 8 nitrogen and oxygen atoms in total. The van der Waals surface area contributed by atoms with Crippen LogP contribution >= 0.6 is 0 Å². The first-order valence-corrected chi connectivity index (χ1v) is 11.9. The summed E-state index contributed by atoms with van der Waals surface area (Å²) in [5.41, 5.74) is 1.36. The number of carbonyl (C=O) groups is 2. The maximum absolute atomic E-state index is 12.8. The number of likely N-dealkylation sites (N-methyl/N-ethyl adjacent to an activating group) is 1. The Kier molecular flexibility index (Phi) is 7.45. The number of hydrogen-bond acceptors (Lipinski definition) is 6. The van der Waals surface area contributed by atoms with E-state index in [0.717, 1.165) is 65.2 Å². The predicted molar refractivity (Wildman–Crippen MR) is 121 cm³/mol. The van der Waals surface area contributed by atoms with Crippen LogP contribution in [0, 0.1) is 5.92 Å². The van der Waals surface area contributed by atoms with Crippen molar-refractivity contribution in [2.75, 3.05) is 66.0 Å². The van der Waals surface area contributed by atoms with E-state index in [1.807, 2.05) is 7.05 Å². The topological polar surface area (TPSA) is 73.3 Å². The number of nitrogens with zero attached hydrogens (tertiary/aromatic N) is 4. The van der Waals surface area contributed by atoms with Gasteiger partial charge in [-0.3, -0.25) is 14.6 Å². The molecule has 3 saturated heterocycles. The average molecular weight is 446 g/mol. The van der Waals surface area contributed by atoms with Gasteiger partial charge in [-0.25, -0.2) is 4.48 Å². The number of piperidine rings is 1. The SMILES string of the molecule is C[N+]1(CC2CCN(Cc3ccccc3)CC2)CC(N2CCN(CCC(=O)O)CC2)OC1=O. The molecule has 32 heavy (non-hydrogen) atoms. The maximum Gasteiger partial charge on any atom is 0.517 e. The van der Waals surface area contributed by atoms with Crippen molar-refractivity contribution in [3.05, 3.63) is 35.9 Å². The number of ether oxygens (including phenoxy) is 1. The molecule has 1 aromatic carbocycles. The van der Waals surface area contributed by atoms with Gasteiger partial charge in [0.2, 0.25) is 6.23 Å². The number of carboxylic acids is 1. The van der Waals surface area contributed by atoms with E-state index < -0.39 is 5.97 Å². The van der Waals surface area contributed by atoms with E-state index in [-0.39, 0.29) is 18.7 Å². The fourth-order valence-electron chi connectivity index (χ4n) is 5.31. The number of hydrogen-bond donors (Lipinski definition) is 1. The molecule has 1 aromatic rings. The molecule has 3 aliphatic heterocycles. The molecule has 3 heterocycles. The van der Waals surface area contributed by atoms with Crippen LogP contribution in [0.5, 0.6) is 0 Å². The first kappa shape index (κ1) is 23.2. The van der Waals surface area contributed by atoms with Crippen molar-refractivity contribution in [1.82, 2.24) is 14.7 Å². The van der Waals surface area contributed by atoms with Crippen molar-refractivity contribution in [2.45, 2.75) is 32.0 Å². The second-order valence-corrected chi connectivity index (χ2v) is 9.83. The number of amides is 1. The molecule has 1 N–H and O–H groups in total. The van der Waals surface area contributed by atoms with Crippen LogP contribution in [0.2, 0.25) is 0 Å². The third-order valence-electron chi connectivity index (χ3n) is 7.31. The molecule has 0 bridgehead atoms. The molecule has 0 aliphatic carbocycles. The number of cyclic esters (lactones) is 1. The summed E-state index contributed by atoms with van der Waals surface area (Å²) < 4.78 is 6.20. The highest BCUT2D eigenvalue weighted by Crippen LogP contribution is 2.28. The van der Waals surface area contributed by atoms with Crippen LogP contribution in [0.25, 0.3) is 0 Å². The summed E-state index contributed by atoms with van der Waals surface area (Å²) in [4.78, 5) is 30.5. The molecule has 4 rings (SSSR count). The van der Waals surface area contributed by atoms with Crippen molar-refractivity contribution >= 4 is 12.1 Å². The minimum atomic E-state index is -0.754. The van der Waals surface area contributed by atoms with Crippen LogP contribution in [-0.4, -0.2) is 109 Å². The van der Waals surface area contributed by atoms with Gasteiger partial charge in [0.05, 0.1) is 20.0 Å². The summed E-state index contributed by atoms with van der Waals surface area (Å²) in [6.07, 6.45) is 2.17. The highest BCUT2D eigenvalue weighted by molar-refractivity contribution is 5.66. The summed E-state index contributed by atoms with van der Waals surface area (Å²) in [7, 11) is 2.03. The van der Waals surface area contributed by atoms with E-state index in [4.69, 9.17) is 9.84 Å². The van der Waals surface area contributed by atoms with E-state index in [2.05, 4.69) is 45.0 Å². The van der Waals surface area contributed by atoms with Gasteiger partial charge in [-0.1, -0.05) is 30.3 Å². The van der Waals surface area contributed by atoms with Gasteiger partial charge in [-0.15, -0.1) is 0 Å². The molecule has 2 unspecified atom stereocenters. The normalized spacial score (nSPS) is 28.7. The lowest BCUT2D eigenvalue weighted by atomic mass is 9.95. The van der Waals surface area contributed by atoms with E-state index in [1.165, 1.54) is 5.56 Å². The Labute approximate surface area is 190 Å². The van der Waals surface area contributed by atoms with Crippen molar-refractivity contribution in [2.24, 2.45) is 5.92 Å². The number of likely N-dealkylation sites (tertiary alicyclic amines) is 1. The van der Waals surface area contributed by atoms with Gasteiger partial charge in [0.15, 0.2) is 0 Å². The zero-order chi connectivity index (χ0) is 22.6. The Morgan fingerprint density at radius 2 is 1.75 bits per heavy atom. The second kappa shape index (κ2) is 10.3. The fourth-order valence-corrected chi connectivity index (χ4v) is 5.31. The lowest BCUT2D eigenvalue weighted by molar-refractivity contribution is -0.828. The average Bonchev–Trinajstić information content (AvgIpc) is 3.09. The fraction of sp³-hybridized carbons (Fsp3) is 0.667. The summed E-state index contributed by atoms with van der Waals surface area (Å²) in [5, 5.41) is 8.87. The van der Waals surface area contributed by atoms with Gasteiger partial charge in [0.25, 0.3) is 0 Å². The molecular formula is C24H37N4O4+. The summed E-state index contributed by atoms with van der Waals surface area (Å²) in [5.74, 6) is -0.206. The molecule has 0 spiro atoms. The number of carboxylic acid groups (broad SMARTS) is 1. The minimum absolute atomic E-state index is 0.102. The van der Waals surface area contributed by atoms with Crippen LogP contribution in [0.3, 0.4) is 0 Å². The van der Waals surface area contributed by atoms with Gasteiger partial charge in [-0.05, 0) is 31.5 Å². The maximum atomic E-state index is 12.8.